The maximum atomic E-state index is 6.28. The van der Waals surface area contributed by atoms with Crippen molar-refractivity contribution in [3.8, 4) is 0 Å². The third-order valence-electron chi connectivity index (χ3n) is 3.61. The van der Waals surface area contributed by atoms with Crippen LogP contribution in [-0.2, 0) is 0 Å². The molecule has 1 saturated carbocycles. The molecule has 0 aromatic heterocycles. The number of benzene rings is 1. The lowest BCUT2D eigenvalue weighted by molar-refractivity contribution is 0.187. The van der Waals surface area contributed by atoms with Crippen molar-refractivity contribution in [3.05, 3.63) is 33.3 Å². The van der Waals surface area contributed by atoms with Crippen molar-refractivity contribution in [1.29, 1.82) is 0 Å². The van der Waals surface area contributed by atoms with Crippen molar-refractivity contribution < 1.29 is 0 Å². The second kappa shape index (κ2) is 5.07. The van der Waals surface area contributed by atoms with Crippen molar-refractivity contribution in [2.45, 2.75) is 32.2 Å². The molecule has 0 amide bonds. The molecule has 16 heavy (non-hydrogen) atoms. The van der Waals surface area contributed by atoms with Gasteiger partial charge in [0.15, 0.2) is 0 Å². The Morgan fingerprint density at radius 1 is 1.50 bits per heavy atom. The average Bonchev–Trinajstić information content (AvgIpc) is 2.25. The third-order valence-corrected chi connectivity index (χ3v) is 4.43. The summed E-state index contributed by atoms with van der Waals surface area (Å²) >= 11 is 9.72. The minimum absolute atomic E-state index is 0.615. The number of hydrogen-bond donors (Lipinski definition) is 1. The van der Waals surface area contributed by atoms with Crippen LogP contribution in [0.2, 0.25) is 5.02 Å². The van der Waals surface area contributed by atoms with Crippen LogP contribution in [0.25, 0.3) is 0 Å². The van der Waals surface area contributed by atoms with E-state index in [1.165, 1.54) is 12.0 Å². The zero-order valence-corrected chi connectivity index (χ0v) is 12.0. The summed E-state index contributed by atoms with van der Waals surface area (Å²) in [5.74, 6) is 1.29. The summed E-state index contributed by atoms with van der Waals surface area (Å²) in [7, 11) is 0. The summed E-state index contributed by atoms with van der Waals surface area (Å²) in [6.45, 7) is 5.52. The van der Waals surface area contributed by atoms with E-state index in [2.05, 4.69) is 47.2 Å². The van der Waals surface area contributed by atoms with Gasteiger partial charge in [-0.25, -0.2) is 0 Å². The summed E-state index contributed by atoms with van der Waals surface area (Å²) in [5, 5.41) is 4.40. The van der Waals surface area contributed by atoms with Gasteiger partial charge < -0.3 is 5.32 Å². The second-order valence-electron chi connectivity index (χ2n) is 4.53. The van der Waals surface area contributed by atoms with E-state index in [0.29, 0.717) is 17.9 Å². The molecule has 0 spiro atoms. The molecule has 1 aromatic carbocycles. The molecule has 1 N–H and O–H groups in total. The van der Waals surface area contributed by atoms with Crippen LogP contribution in [0.3, 0.4) is 0 Å². The summed E-state index contributed by atoms with van der Waals surface area (Å²) < 4.78 is 1.05. The SMILES string of the molecule is CCNC1CC(c2ccc(Br)cc2Cl)C1C. The van der Waals surface area contributed by atoms with E-state index in [4.69, 9.17) is 11.6 Å². The summed E-state index contributed by atoms with van der Waals surface area (Å²) in [4.78, 5) is 0. The molecule has 0 radical (unpaired) electrons. The van der Waals surface area contributed by atoms with Gasteiger partial charge in [0.2, 0.25) is 0 Å². The van der Waals surface area contributed by atoms with Crippen LogP contribution in [0.4, 0.5) is 0 Å². The maximum Gasteiger partial charge on any atom is 0.0452 e. The van der Waals surface area contributed by atoms with Crippen molar-refractivity contribution in [3.63, 3.8) is 0 Å². The molecule has 3 atom stereocenters. The Labute approximate surface area is 111 Å². The smallest absolute Gasteiger partial charge is 0.0452 e. The lowest BCUT2D eigenvalue weighted by Crippen LogP contribution is -2.47. The lowest BCUT2D eigenvalue weighted by Gasteiger charge is -2.44. The van der Waals surface area contributed by atoms with E-state index >= 15 is 0 Å². The fourth-order valence-corrected chi connectivity index (χ4v) is 3.34. The first-order valence-corrected chi connectivity index (χ1v) is 6.99. The number of hydrogen-bond acceptors (Lipinski definition) is 1. The average molecular weight is 303 g/mol. The fourth-order valence-electron chi connectivity index (χ4n) is 2.53. The molecular weight excluding hydrogens is 286 g/mol. The molecule has 1 nitrogen and oxygen atoms in total. The van der Waals surface area contributed by atoms with E-state index in [9.17, 15) is 0 Å². The maximum absolute atomic E-state index is 6.28. The van der Waals surface area contributed by atoms with Crippen LogP contribution in [-0.4, -0.2) is 12.6 Å². The minimum atomic E-state index is 0.615. The molecule has 0 bridgehead atoms. The number of nitrogens with one attached hydrogen (secondary N) is 1. The number of halogens is 2. The Bertz CT molecular complexity index is 380. The van der Waals surface area contributed by atoms with Crippen LogP contribution >= 0.6 is 27.5 Å². The van der Waals surface area contributed by atoms with Gasteiger partial charge in [-0.3, -0.25) is 0 Å². The highest BCUT2D eigenvalue weighted by molar-refractivity contribution is 9.10. The Morgan fingerprint density at radius 3 is 2.81 bits per heavy atom. The van der Waals surface area contributed by atoms with Gasteiger partial charge in [0.1, 0.15) is 0 Å². The van der Waals surface area contributed by atoms with E-state index in [1.807, 2.05) is 6.07 Å². The van der Waals surface area contributed by atoms with Crippen LogP contribution in [0.15, 0.2) is 22.7 Å². The molecular formula is C13H17BrClN. The monoisotopic (exact) mass is 301 g/mol. The highest BCUT2D eigenvalue weighted by Gasteiger charge is 2.38. The largest absolute Gasteiger partial charge is 0.314 e. The van der Waals surface area contributed by atoms with Crippen LogP contribution in [0.1, 0.15) is 31.7 Å². The van der Waals surface area contributed by atoms with Gasteiger partial charge >= 0.3 is 0 Å². The molecule has 0 heterocycles. The minimum Gasteiger partial charge on any atom is -0.314 e. The predicted octanol–water partition coefficient (Wildman–Crippen LogP) is 4.20. The predicted molar refractivity (Wildman–Crippen MR) is 73.1 cm³/mol. The summed E-state index contributed by atoms with van der Waals surface area (Å²) in [5.41, 5.74) is 1.30. The summed E-state index contributed by atoms with van der Waals surface area (Å²) in [6.07, 6.45) is 1.20. The first-order chi connectivity index (χ1) is 7.63. The molecule has 3 heteroatoms. The quantitative estimate of drug-likeness (QED) is 0.882. The van der Waals surface area contributed by atoms with Gasteiger partial charge in [-0.2, -0.15) is 0 Å². The van der Waals surface area contributed by atoms with Crippen molar-refractivity contribution in [1.82, 2.24) is 5.32 Å². The van der Waals surface area contributed by atoms with Crippen molar-refractivity contribution in [2.75, 3.05) is 6.54 Å². The standard InChI is InChI=1S/C13H17BrClN/c1-3-16-13-7-11(8(13)2)10-5-4-9(14)6-12(10)15/h4-6,8,11,13,16H,3,7H2,1-2H3. The summed E-state index contributed by atoms with van der Waals surface area (Å²) in [6, 6.07) is 6.88. The molecule has 1 fully saturated rings. The van der Waals surface area contributed by atoms with E-state index in [0.717, 1.165) is 16.0 Å². The zero-order chi connectivity index (χ0) is 11.7. The van der Waals surface area contributed by atoms with Crippen LogP contribution in [0.5, 0.6) is 0 Å². The first-order valence-electron chi connectivity index (χ1n) is 5.81. The molecule has 88 valence electrons. The molecule has 1 aliphatic rings. The zero-order valence-electron chi connectivity index (χ0n) is 9.63. The molecule has 2 rings (SSSR count). The van der Waals surface area contributed by atoms with Crippen LogP contribution in [0, 0.1) is 5.92 Å². The first kappa shape index (κ1) is 12.4. The van der Waals surface area contributed by atoms with E-state index in [1.54, 1.807) is 0 Å². The second-order valence-corrected chi connectivity index (χ2v) is 5.85. The van der Waals surface area contributed by atoms with E-state index < -0.39 is 0 Å². The Morgan fingerprint density at radius 2 is 2.25 bits per heavy atom. The van der Waals surface area contributed by atoms with Gasteiger partial charge in [-0.15, -0.1) is 0 Å². The molecule has 1 aliphatic carbocycles. The molecule has 1 aromatic rings. The Hall–Kier alpha value is -0.0500. The molecule has 3 unspecified atom stereocenters. The van der Waals surface area contributed by atoms with Crippen LogP contribution < -0.4 is 5.32 Å². The van der Waals surface area contributed by atoms with Gasteiger partial charge in [0.05, 0.1) is 0 Å². The third kappa shape index (κ3) is 2.29. The topological polar surface area (TPSA) is 12.0 Å². The van der Waals surface area contributed by atoms with E-state index in [-0.39, 0.29) is 0 Å². The van der Waals surface area contributed by atoms with Gasteiger partial charge in [0, 0.05) is 15.5 Å². The molecule has 0 aliphatic heterocycles. The van der Waals surface area contributed by atoms with Crippen molar-refractivity contribution in [2.24, 2.45) is 5.92 Å². The highest BCUT2D eigenvalue weighted by atomic mass is 79.9. The fraction of sp³-hybridized carbons (Fsp3) is 0.538. The lowest BCUT2D eigenvalue weighted by atomic mass is 9.67. The normalized spacial score (nSPS) is 28.9. The molecule has 0 saturated heterocycles. The van der Waals surface area contributed by atoms with Gasteiger partial charge in [0.25, 0.3) is 0 Å². The van der Waals surface area contributed by atoms with Gasteiger partial charge in [-0.1, -0.05) is 47.4 Å². The Kier molecular flexibility index (Phi) is 3.93. The number of rotatable bonds is 3. The van der Waals surface area contributed by atoms with Gasteiger partial charge in [-0.05, 0) is 42.5 Å². The highest BCUT2D eigenvalue weighted by Crippen LogP contribution is 2.45. The Balaban J connectivity index is 2.10. The van der Waals surface area contributed by atoms with Crippen molar-refractivity contribution >= 4 is 27.5 Å².